The van der Waals surface area contributed by atoms with E-state index in [1.807, 2.05) is 0 Å². The highest BCUT2D eigenvalue weighted by Gasteiger charge is 2.36. The molecule has 0 unspecified atom stereocenters. The summed E-state index contributed by atoms with van der Waals surface area (Å²) < 4.78 is 0. The molecule has 0 atom stereocenters. The van der Waals surface area contributed by atoms with E-state index in [1.165, 1.54) is 36.8 Å². The van der Waals surface area contributed by atoms with E-state index in [4.69, 9.17) is 0 Å². The second-order valence-corrected chi connectivity index (χ2v) is 7.87. The van der Waals surface area contributed by atoms with Crippen LogP contribution in [0.1, 0.15) is 77.3 Å². The molecule has 0 aliphatic heterocycles. The molecule has 0 aromatic heterocycles. The van der Waals surface area contributed by atoms with Gasteiger partial charge in [-0.05, 0) is 50.7 Å². The van der Waals surface area contributed by atoms with Gasteiger partial charge >= 0.3 is 0 Å². The zero-order valence-corrected chi connectivity index (χ0v) is 13.9. The van der Waals surface area contributed by atoms with E-state index in [-0.39, 0.29) is 5.54 Å². The van der Waals surface area contributed by atoms with Gasteiger partial charge in [-0.3, -0.25) is 0 Å². The number of nitrogens with one attached hydrogen (secondary N) is 1. The Morgan fingerprint density at radius 2 is 1.60 bits per heavy atom. The summed E-state index contributed by atoms with van der Waals surface area (Å²) in [5.74, 6) is 0.622. The Morgan fingerprint density at radius 3 is 2.05 bits per heavy atom. The average molecular weight is 273 g/mol. The van der Waals surface area contributed by atoms with Crippen LogP contribution in [0.4, 0.5) is 0 Å². The summed E-state index contributed by atoms with van der Waals surface area (Å²) in [6, 6.07) is 9.42. The maximum atomic E-state index is 3.74. The number of hydrogen-bond acceptors (Lipinski definition) is 1. The van der Waals surface area contributed by atoms with Crippen molar-refractivity contribution in [1.82, 2.24) is 5.32 Å². The van der Waals surface area contributed by atoms with Crippen LogP contribution in [0.2, 0.25) is 0 Å². The first kappa shape index (κ1) is 15.6. The summed E-state index contributed by atoms with van der Waals surface area (Å²) in [5, 5.41) is 3.74. The molecule has 1 aliphatic carbocycles. The fourth-order valence-corrected chi connectivity index (χ4v) is 3.28. The first-order valence-electron chi connectivity index (χ1n) is 8.18. The smallest absolute Gasteiger partial charge is 0.00968 e. The predicted octanol–water partition coefficient (Wildman–Crippen LogP) is 5.01. The predicted molar refractivity (Wildman–Crippen MR) is 88.4 cm³/mol. The van der Waals surface area contributed by atoms with Gasteiger partial charge in [0.2, 0.25) is 0 Å². The van der Waals surface area contributed by atoms with E-state index in [9.17, 15) is 0 Å². The van der Waals surface area contributed by atoms with Crippen LogP contribution in [-0.2, 0) is 5.41 Å². The van der Waals surface area contributed by atoms with Gasteiger partial charge in [0.05, 0.1) is 0 Å². The van der Waals surface area contributed by atoms with Crippen LogP contribution >= 0.6 is 0 Å². The molecule has 1 heteroatoms. The van der Waals surface area contributed by atoms with Crippen molar-refractivity contribution in [2.24, 2.45) is 0 Å². The number of benzene rings is 1. The van der Waals surface area contributed by atoms with Crippen LogP contribution in [-0.4, -0.2) is 12.1 Å². The van der Waals surface area contributed by atoms with Gasteiger partial charge in [-0.25, -0.2) is 0 Å². The van der Waals surface area contributed by atoms with E-state index in [1.54, 1.807) is 0 Å². The molecular formula is C19H31N. The molecule has 0 bridgehead atoms. The molecule has 0 saturated heterocycles. The number of hydrogen-bond donors (Lipinski definition) is 1. The largest absolute Gasteiger partial charge is 0.311 e. The SMILES string of the molecule is CC(C)c1ccc(C2(CNC(C)(C)C)CCCC2)cc1. The molecule has 1 aliphatic rings. The second kappa shape index (κ2) is 5.89. The first-order chi connectivity index (χ1) is 9.32. The standard InChI is InChI=1S/C19H31N/c1-15(2)16-8-10-17(11-9-16)19(12-6-7-13-19)14-20-18(3,4)5/h8-11,15,20H,6-7,12-14H2,1-5H3. The van der Waals surface area contributed by atoms with Crippen LogP contribution in [0, 0.1) is 0 Å². The molecule has 1 nitrogen and oxygen atoms in total. The molecule has 1 fully saturated rings. The Bertz CT molecular complexity index is 416. The van der Waals surface area contributed by atoms with Gasteiger partial charge in [0, 0.05) is 17.5 Å². The molecule has 1 aromatic carbocycles. The van der Waals surface area contributed by atoms with Crippen molar-refractivity contribution < 1.29 is 0 Å². The van der Waals surface area contributed by atoms with Crippen LogP contribution < -0.4 is 5.32 Å². The lowest BCUT2D eigenvalue weighted by atomic mass is 9.77. The Kier molecular flexibility index (Phi) is 4.59. The summed E-state index contributed by atoms with van der Waals surface area (Å²) in [6.07, 6.45) is 5.41. The maximum Gasteiger partial charge on any atom is 0.00968 e. The average Bonchev–Trinajstić information content (AvgIpc) is 2.86. The van der Waals surface area contributed by atoms with Crippen LogP contribution in [0.25, 0.3) is 0 Å². The molecule has 0 heterocycles. The minimum atomic E-state index is 0.202. The fraction of sp³-hybridized carbons (Fsp3) is 0.684. The van der Waals surface area contributed by atoms with Crippen molar-refractivity contribution in [3.63, 3.8) is 0 Å². The zero-order chi connectivity index (χ0) is 14.8. The van der Waals surface area contributed by atoms with Crippen molar-refractivity contribution in [3.8, 4) is 0 Å². The van der Waals surface area contributed by atoms with E-state index >= 15 is 0 Å². The molecule has 1 saturated carbocycles. The van der Waals surface area contributed by atoms with Gasteiger partial charge in [0.25, 0.3) is 0 Å². The first-order valence-corrected chi connectivity index (χ1v) is 8.18. The highest BCUT2D eigenvalue weighted by Crippen LogP contribution is 2.41. The van der Waals surface area contributed by atoms with Gasteiger partial charge in [-0.1, -0.05) is 51.0 Å². The third-order valence-corrected chi connectivity index (χ3v) is 4.71. The molecule has 20 heavy (non-hydrogen) atoms. The summed E-state index contributed by atoms with van der Waals surface area (Å²) in [4.78, 5) is 0. The molecule has 0 spiro atoms. The summed E-state index contributed by atoms with van der Waals surface area (Å²) in [6.45, 7) is 12.4. The van der Waals surface area contributed by atoms with Crippen molar-refractivity contribution in [1.29, 1.82) is 0 Å². The van der Waals surface area contributed by atoms with Crippen LogP contribution in [0.5, 0.6) is 0 Å². The van der Waals surface area contributed by atoms with Gasteiger partial charge in [-0.15, -0.1) is 0 Å². The van der Waals surface area contributed by atoms with Crippen molar-refractivity contribution in [2.45, 2.75) is 77.2 Å². The third-order valence-electron chi connectivity index (χ3n) is 4.71. The molecular weight excluding hydrogens is 242 g/mol. The zero-order valence-electron chi connectivity index (χ0n) is 13.9. The van der Waals surface area contributed by atoms with Crippen molar-refractivity contribution >= 4 is 0 Å². The lowest BCUT2D eigenvalue weighted by Gasteiger charge is -2.34. The number of rotatable bonds is 4. The van der Waals surface area contributed by atoms with Crippen LogP contribution in [0.3, 0.4) is 0 Å². The molecule has 0 amide bonds. The molecule has 112 valence electrons. The summed E-state index contributed by atoms with van der Waals surface area (Å²) in [5.41, 5.74) is 3.55. The van der Waals surface area contributed by atoms with Crippen molar-refractivity contribution in [3.05, 3.63) is 35.4 Å². The second-order valence-electron chi connectivity index (χ2n) is 7.87. The lowest BCUT2D eigenvalue weighted by Crippen LogP contribution is -2.45. The Labute approximate surface area is 125 Å². The molecule has 1 N–H and O–H groups in total. The summed E-state index contributed by atoms with van der Waals surface area (Å²) in [7, 11) is 0. The highest BCUT2D eigenvalue weighted by molar-refractivity contribution is 5.32. The molecule has 1 aromatic rings. The Hall–Kier alpha value is -0.820. The Morgan fingerprint density at radius 1 is 1.05 bits per heavy atom. The van der Waals surface area contributed by atoms with E-state index < -0.39 is 0 Å². The van der Waals surface area contributed by atoms with Gasteiger partial charge in [-0.2, -0.15) is 0 Å². The van der Waals surface area contributed by atoms with Gasteiger partial charge in [0.1, 0.15) is 0 Å². The monoisotopic (exact) mass is 273 g/mol. The van der Waals surface area contributed by atoms with Crippen LogP contribution in [0.15, 0.2) is 24.3 Å². The summed E-state index contributed by atoms with van der Waals surface area (Å²) >= 11 is 0. The fourth-order valence-electron chi connectivity index (χ4n) is 3.28. The van der Waals surface area contributed by atoms with E-state index in [2.05, 4.69) is 64.2 Å². The van der Waals surface area contributed by atoms with Gasteiger partial charge < -0.3 is 5.32 Å². The normalized spacial score (nSPS) is 18.7. The minimum absolute atomic E-state index is 0.202. The molecule has 2 rings (SSSR count). The maximum absolute atomic E-state index is 3.74. The Balaban J connectivity index is 2.19. The quantitative estimate of drug-likeness (QED) is 0.813. The highest BCUT2D eigenvalue weighted by atomic mass is 15.0. The third kappa shape index (κ3) is 3.63. The lowest BCUT2D eigenvalue weighted by molar-refractivity contribution is 0.333. The molecule has 0 radical (unpaired) electrons. The topological polar surface area (TPSA) is 12.0 Å². The minimum Gasteiger partial charge on any atom is -0.311 e. The van der Waals surface area contributed by atoms with E-state index in [0.29, 0.717) is 11.3 Å². The van der Waals surface area contributed by atoms with Gasteiger partial charge in [0.15, 0.2) is 0 Å². The van der Waals surface area contributed by atoms with Crippen molar-refractivity contribution in [2.75, 3.05) is 6.54 Å². The van der Waals surface area contributed by atoms with E-state index in [0.717, 1.165) is 6.54 Å².